The minimum Gasteiger partial charge on any atom is -0.489 e. The van der Waals surface area contributed by atoms with Gasteiger partial charge in [-0.1, -0.05) is 41.9 Å². The standard InChI is InChI=1S/C21H26Cl2N2O2/c22-14-17(16-4-2-1-3-5-16)15-24-6-8-25(9-7-24)19-12-18(23)13-20-21(19)27-11-10-26-20/h1-5,13,17,19H,6-12,14-15H2. The predicted octanol–water partition coefficient (Wildman–Crippen LogP) is 3.78. The van der Waals surface area contributed by atoms with Crippen LogP contribution in [0, 0.1) is 0 Å². The molecule has 0 bridgehead atoms. The highest BCUT2D eigenvalue weighted by Crippen LogP contribution is 2.33. The number of hydrogen-bond donors (Lipinski definition) is 0. The molecule has 0 spiro atoms. The molecule has 2 heterocycles. The van der Waals surface area contributed by atoms with Crippen LogP contribution in [-0.2, 0) is 9.47 Å². The lowest BCUT2D eigenvalue weighted by molar-refractivity contribution is 0.0202. The number of ether oxygens (including phenoxy) is 2. The Bertz CT molecular complexity index is 699. The van der Waals surface area contributed by atoms with E-state index in [-0.39, 0.29) is 6.04 Å². The van der Waals surface area contributed by atoms with Crippen molar-refractivity contribution in [2.75, 3.05) is 51.8 Å². The second-order valence-electron chi connectivity index (χ2n) is 7.34. The summed E-state index contributed by atoms with van der Waals surface area (Å²) in [6, 6.07) is 10.8. The molecule has 1 aliphatic carbocycles. The molecule has 2 unspecified atom stereocenters. The van der Waals surface area contributed by atoms with E-state index in [1.807, 2.05) is 6.08 Å². The summed E-state index contributed by atoms with van der Waals surface area (Å²) in [6.45, 7) is 6.27. The number of alkyl halides is 1. The van der Waals surface area contributed by atoms with E-state index >= 15 is 0 Å². The molecule has 2 atom stereocenters. The van der Waals surface area contributed by atoms with Gasteiger partial charge >= 0.3 is 0 Å². The quantitative estimate of drug-likeness (QED) is 0.692. The van der Waals surface area contributed by atoms with Gasteiger partial charge in [-0.25, -0.2) is 0 Å². The normalized spacial score (nSPS) is 25.3. The Morgan fingerprint density at radius 1 is 1.04 bits per heavy atom. The Labute approximate surface area is 171 Å². The zero-order valence-corrected chi connectivity index (χ0v) is 17.0. The number of rotatable bonds is 5. The molecular weight excluding hydrogens is 383 g/mol. The Hall–Kier alpha value is -1.20. The van der Waals surface area contributed by atoms with E-state index in [9.17, 15) is 0 Å². The van der Waals surface area contributed by atoms with Crippen molar-refractivity contribution in [3.63, 3.8) is 0 Å². The molecule has 0 aromatic heterocycles. The van der Waals surface area contributed by atoms with Crippen molar-refractivity contribution in [3.8, 4) is 0 Å². The van der Waals surface area contributed by atoms with Crippen molar-refractivity contribution in [2.45, 2.75) is 18.4 Å². The van der Waals surface area contributed by atoms with Crippen LogP contribution >= 0.6 is 23.2 Å². The first-order valence-electron chi connectivity index (χ1n) is 9.67. The van der Waals surface area contributed by atoms with E-state index in [0.717, 1.165) is 55.7 Å². The van der Waals surface area contributed by atoms with Crippen LogP contribution in [0.1, 0.15) is 17.9 Å². The molecule has 27 heavy (non-hydrogen) atoms. The van der Waals surface area contributed by atoms with Gasteiger partial charge < -0.3 is 14.4 Å². The van der Waals surface area contributed by atoms with Gasteiger partial charge in [-0.3, -0.25) is 4.90 Å². The fraction of sp³-hybridized carbons (Fsp3) is 0.524. The summed E-state index contributed by atoms with van der Waals surface area (Å²) in [5, 5.41) is 0.845. The van der Waals surface area contributed by atoms with Gasteiger partial charge in [0, 0.05) is 56.0 Å². The average molecular weight is 409 g/mol. The third-order valence-corrected chi connectivity index (χ3v) is 6.24. The van der Waals surface area contributed by atoms with Gasteiger partial charge in [-0.05, 0) is 11.6 Å². The molecule has 0 amide bonds. The number of hydrogen-bond acceptors (Lipinski definition) is 4. The SMILES string of the molecule is ClCC(CN1CCN(C2CC(Cl)=CC3=C2OCCO3)CC1)c1ccccc1. The van der Waals surface area contributed by atoms with Crippen LogP contribution < -0.4 is 0 Å². The zero-order chi connectivity index (χ0) is 18.6. The van der Waals surface area contributed by atoms with Gasteiger partial charge in [0.25, 0.3) is 0 Å². The van der Waals surface area contributed by atoms with Gasteiger partial charge in [0.2, 0.25) is 0 Å². The van der Waals surface area contributed by atoms with Crippen LogP contribution in [0.4, 0.5) is 0 Å². The molecule has 0 radical (unpaired) electrons. The maximum Gasteiger partial charge on any atom is 0.159 e. The highest BCUT2D eigenvalue weighted by Gasteiger charge is 2.34. The fourth-order valence-corrected chi connectivity index (χ4v) is 4.65. The molecule has 6 heteroatoms. The molecule has 1 saturated heterocycles. The molecule has 0 N–H and O–H groups in total. The summed E-state index contributed by atoms with van der Waals surface area (Å²) in [6.07, 6.45) is 2.71. The van der Waals surface area contributed by atoms with Crippen LogP contribution in [0.25, 0.3) is 0 Å². The van der Waals surface area contributed by atoms with E-state index in [0.29, 0.717) is 25.0 Å². The van der Waals surface area contributed by atoms with E-state index in [4.69, 9.17) is 32.7 Å². The third-order valence-electron chi connectivity index (χ3n) is 5.60. The van der Waals surface area contributed by atoms with Crippen molar-refractivity contribution in [1.29, 1.82) is 0 Å². The number of nitrogens with zero attached hydrogens (tertiary/aromatic N) is 2. The summed E-state index contributed by atoms with van der Waals surface area (Å²) in [5.74, 6) is 2.79. The molecule has 4 rings (SSSR count). The Balaban J connectivity index is 1.36. The van der Waals surface area contributed by atoms with Crippen LogP contribution in [0.2, 0.25) is 0 Å². The van der Waals surface area contributed by atoms with E-state index < -0.39 is 0 Å². The van der Waals surface area contributed by atoms with Crippen molar-refractivity contribution in [1.82, 2.24) is 9.80 Å². The maximum absolute atomic E-state index is 6.37. The summed E-state index contributed by atoms with van der Waals surface area (Å²) >= 11 is 12.6. The number of benzene rings is 1. The highest BCUT2D eigenvalue weighted by molar-refractivity contribution is 6.29. The zero-order valence-electron chi connectivity index (χ0n) is 15.4. The van der Waals surface area contributed by atoms with Gasteiger partial charge in [0.05, 0.1) is 6.04 Å². The van der Waals surface area contributed by atoms with Crippen molar-refractivity contribution in [2.24, 2.45) is 0 Å². The van der Waals surface area contributed by atoms with Crippen molar-refractivity contribution in [3.05, 3.63) is 58.5 Å². The molecule has 3 aliphatic rings. The summed E-state index contributed by atoms with van der Waals surface area (Å²) < 4.78 is 11.7. The second-order valence-corrected chi connectivity index (χ2v) is 8.13. The van der Waals surface area contributed by atoms with Crippen LogP contribution in [-0.4, -0.2) is 67.7 Å². The molecular formula is C21H26Cl2N2O2. The van der Waals surface area contributed by atoms with Crippen LogP contribution in [0.3, 0.4) is 0 Å². The fourth-order valence-electron chi connectivity index (χ4n) is 4.13. The molecule has 0 saturated carbocycles. The Morgan fingerprint density at radius 2 is 1.78 bits per heavy atom. The molecule has 1 aromatic rings. The predicted molar refractivity (Wildman–Crippen MR) is 109 cm³/mol. The summed E-state index contributed by atoms with van der Waals surface area (Å²) in [5.41, 5.74) is 1.32. The lowest BCUT2D eigenvalue weighted by atomic mass is 9.99. The third kappa shape index (κ3) is 4.45. The van der Waals surface area contributed by atoms with Gasteiger partial charge in [0.15, 0.2) is 11.5 Å². The van der Waals surface area contributed by atoms with Gasteiger partial charge in [-0.15, -0.1) is 11.6 Å². The highest BCUT2D eigenvalue weighted by atomic mass is 35.5. The largest absolute Gasteiger partial charge is 0.489 e. The Morgan fingerprint density at radius 3 is 2.52 bits per heavy atom. The summed E-state index contributed by atoms with van der Waals surface area (Å²) in [4.78, 5) is 5.00. The number of piperazine rings is 1. The first kappa shape index (κ1) is 19.1. The molecule has 2 aliphatic heterocycles. The lowest BCUT2D eigenvalue weighted by Gasteiger charge is -2.42. The van der Waals surface area contributed by atoms with Crippen molar-refractivity contribution < 1.29 is 9.47 Å². The van der Waals surface area contributed by atoms with Crippen LogP contribution in [0.5, 0.6) is 0 Å². The maximum atomic E-state index is 6.37. The van der Waals surface area contributed by atoms with E-state index in [1.54, 1.807) is 0 Å². The average Bonchev–Trinajstić information content (AvgIpc) is 2.72. The first-order chi connectivity index (χ1) is 13.2. The monoisotopic (exact) mass is 408 g/mol. The van der Waals surface area contributed by atoms with E-state index in [1.165, 1.54) is 5.56 Å². The number of halogens is 2. The molecule has 1 aromatic carbocycles. The van der Waals surface area contributed by atoms with Crippen LogP contribution in [0.15, 0.2) is 53.0 Å². The Kier molecular flexibility index (Phi) is 6.28. The number of allylic oxidation sites excluding steroid dienone is 1. The first-order valence-corrected chi connectivity index (χ1v) is 10.6. The van der Waals surface area contributed by atoms with Gasteiger partial charge in [-0.2, -0.15) is 0 Å². The molecule has 1 fully saturated rings. The van der Waals surface area contributed by atoms with E-state index in [2.05, 4.69) is 40.1 Å². The van der Waals surface area contributed by atoms with Crippen molar-refractivity contribution >= 4 is 23.2 Å². The minimum atomic E-state index is 0.192. The topological polar surface area (TPSA) is 24.9 Å². The lowest BCUT2D eigenvalue weighted by Crippen LogP contribution is -2.52. The van der Waals surface area contributed by atoms with Gasteiger partial charge in [0.1, 0.15) is 13.2 Å². The molecule has 4 nitrogen and oxygen atoms in total. The smallest absolute Gasteiger partial charge is 0.159 e. The summed E-state index contributed by atoms with van der Waals surface area (Å²) in [7, 11) is 0. The minimum absolute atomic E-state index is 0.192. The molecule has 146 valence electrons. The second kappa shape index (κ2) is 8.87.